The summed E-state index contributed by atoms with van der Waals surface area (Å²) in [5, 5.41) is 0. The lowest BCUT2D eigenvalue weighted by molar-refractivity contribution is -0.129. The second-order valence-corrected chi connectivity index (χ2v) is 5.38. The Morgan fingerprint density at radius 1 is 1.10 bits per heavy atom. The van der Waals surface area contributed by atoms with Crippen LogP contribution >= 0.6 is 0 Å². The average Bonchev–Trinajstić information content (AvgIpc) is 2.49. The quantitative estimate of drug-likeness (QED) is 0.916. The third-order valence-electron chi connectivity index (χ3n) is 3.68. The largest absolute Gasteiger partial charge is 0.341 e. The zero-order chi connectivity index (χ0) is 15.2. The molecule has 0 atom stereocenters. The molecule has 0 heterocycles. The van der Waals surface area contributed by atoms with Crippen molar-refractivity contribution in [2.75, 3.05) is 7.05 Å². The van der Waals surface area contributed by atoms with Crippen LogP contribution in [0, 0.1) is 6.92 Å². The van der Waals surface area contributed by atoms with Crippen LogP contribution in [-0.2, 0) is 24.3 Å². The number of hydrogen-bond acceptors (Lipinski definition) is 2. The number of benzene rings is 2. The summed E-state index contributed by atoms with van der Waals surface area (Å²) in [5.74, 6) is 0.127. The maximum Gasteiger partial charge on any atom is 0.227 e. The van der Waals surface area contributed by atoms with Crippen LogP contribution in [0.2, 0.25) is 0 Å². The lowest BCUT2D eigenvalue weighted by Gasteiger charge is -2.18. The van der Waals surface area contributed by atoms with Gasteiger partial charge < -0.3 is 10.6 Å². The summed E-state index contributed by atoms with van der Waals surface area (Å²) in [6, 6.07) is 16.1. The van der Waals surface area contributed by atoms with Crippen LogP contribution in [0.1, 0.15) is 22.3 Å². The molecule has 0 fully saturated rings. The number of nitrogens with two attached hydrogens (primary N) is 1. The summed E-state index contributed by atoms with van der Waals surface area (Å²) >= 11 is 0. The fourth-order valence-electron chi connectivity index (χ4n) is 2.32. The first-order valence-corrected chi connectivity index (χ1v) is 7.16. The first-order chi connectivity index (χ1) is 10.1. The highest BCUT2D eigenvalue weighted by atomic mass is 16.2. The van der Waals surface area contributed by atoms with Gasteiger partial charge in [-0.1, -0.05) is 48.5 Å². The molecule has 0 aliphatic carbocycles. The lowest BCUT2D eigenvalue weighted by Crippen LogP contribution is -2.28. The van der Waals surface area contributed by atoms with Crippen LogP contribution in [0.5, 0.6) is 0 Å². The smallest absolute Gasteiger partial charge is 0.227 e. The highest BCUT2D eigenvalue weighted by Gasteiger charge is 2.11. The molecule has 0 bridgehead atoms. The Morgan fingerprint density at radius 2 is 1.81 bits per heavy atom. The first kappa shape index (κ1) is 15.3. The van der Waals surface area contributed by atoms with Gasteiger partial charge in [-0.25, -0.2) is 0 Å². The zero-order valence-corrected chi connectivity index (χ0v) is 12.7. The minimum atomic E-state index is 0.127. The molecule has 0 radical (unpaired) electrons. The van der Waals surface area contributed by atoms with Gasteiger partial charge in [0.25, 0.3) is 0 Å². The van der Waals surface area contributed by atoms with E-state index in [-0.39, 0.29) is 5.91 Å². The minimum absolute atomic E-state index is 0.127. The van der Waals surface area contributed by atoms with E-state index < -0.39 is 0 Å². The fraction of sp³-hybridized carbons (Fsp3) is 0.278. The van der Waals surface area contributed by atoms with Gasteiger partial charge in [0.15, 0.2) is 0 Å². The molecule has 2 aromatic rings. The topological polar surface area (TPSA) is 46.3 Å². The molecule has 3 nitrogen and oxygen atoms in total. The van der Waals surface area contributed by atoms with Gasteiger partial charge in [-0.3, -0.25) is 4.79 Å². The molecular formula is C18H22N2O. The van der Waals surface area contributed by atoms with E-state index in [2.05, 4.69) is 6.07 Å². The van der Waals surface area contributed by atoms with E-state index in [0.29, 0.717) is 19.5 Å². The van der Waals surface area contributed by atoms with Crippen molar-refractivity contribution < 1.29 is 4.79 Å². The lowest BCUT2D eigenvalue weighted by atomic mass is 10.1. The highest BCUT2D eigenvalue weighted by molar-refractivity contribution is 5.78. The zero-order valence-electron chi connectivity index (χ0n) is 12.7. The Kier molecular flexibility index (Phi) is 5.12. The molecule has 0 aliphatic heterocycles. The average molecular weight is 282 g/mol. The molecule has 2 aromatic carbocycles. The van der Waals surface area contributed by atoms with Crippen LogP contribution < -0.4 is 5.73 Å². The summed E-state index contributed by atoms with van der Waals surface area (Å²) < 4.78 is 0. The third-order valence-corrected chi connectivity index (χ3v) is 3.68. The van der Waals surface area contributed by atoms with Crippen molar-refractivity contribution in [2.45, 2.75) is 26.4 Å². The Labute approximate surface area is 126 Å². The van der Waals surface area contributed by atoms with Crippen LogP contribution in [0.4, 0.5) is 0 Å². The summed E-state index contributed by atoms with van der Waals surface area (Å²) in [4.78, 5) is 14.1. The van der Waals surface area contributed by atoms with E-state index >= 15 is 0 Å². The number of carbonyl (C=O) groups excluding carboxylic acids is 1. The molecule has 0 aliphatic rings. The third kappa shape index (κ3) is 4.17. The number of carbonyl (C=O) groups is 1. The Bertz CT molecular complexity index is 622. The molecule has 2 N–H and O–H groups in total. The maximum atomic E-state index is 12.3. The molecule has 21 heavy (non-hydrogen) atoms. The summed E-state index contributed by atoms with van der Waals surface area (Å²) in [6.45, 7) is 3.17. The number of aryl methyl sites for hydroxylation is 1. The second kappa shape index (κ2) is 7.04. The van der Waals surface area contributed by atoms with Crippen molar-refractivity contribution in [3.8, 4) is 0 Å². The van der Waals surface area contributed by atoms with Gasteiger partial charge in [0.1, 0.15) is 0 Å². The van der Waals surface area contributed by atoms with Crippen LogP contribution in [-0.4, -0.2) is 17.9 Å². The van der Waals surface area contributed by atoms with Crippen molar-refractivity contribution in [2.24, 2.45) is 5.73 Å². The predicted molar refractivity (Wildman–Crippen MR) is 85.7 cm³/mol. The highest BCUT2D eigenvalue weighted by Crippen LogP contribution is 2.11. The van der Waals surface area contributed by atoms with Crippen molar-refractivity contribution in [1.82, 2.24) is 4.90 Å². The first-order valence-electron chi connectivity index (χ1n) is 7.16. The molecule has 0 spiro atoms. The van der Waals surface area contributed by atoms with Gasteiger partial charge in [0.05, 0.1) is 6.42 Å². The molecule has 2 rings (SSSR count). The Hall–Kier alpha value is -2.13. The number of nitrogens with zero attached hydrogens (tertiary/aromatic N) is 1. The number of likely N-dealkylation sites (N-methyl/N-ethyl adjacent to an activating group) is 1. The number of amides is 1. The summed E-state index contributed by atoms with van der Waals surface area (Å²) in [7, 11) is 1.84. The summed E-state index contributed by atoms with van der Waals surface area (Å²) in [5.41, 5.74) is 10.1. The van der Waals surface area contributed by atoms with Gasteiger partial charge >= 0.3 is 0 Å². The van der Waals surface area contributed by atoms with Gasteiger partial charge in [0, 0.05) is 20.1 Å². The van der Waals surface area contributed by atoms with Gasteiger partial charge in [-0.15, -0.1) is 0 Å². The number of hydrogen-bond donors (Lipinski definition) is 1. The van der Waals surface area contributed by atoms with Gasteiger partial charge in [-0.2, -0.15) is 0 Å². The molecule has 0 unspecified atom stereocenters. The molecule has 1 amide bonds. The Balaban J connectivity index is 2.01. The Morgan fingerprint density at radius 3 is 2.52 bits per heavy atom. The number of rotatable bonds is 5. The van der Waals surface area contributed by atoms with Gasteiger partial charge in [0.2, 0.25) is 5.91 Å². The van der Waals surface area contributed by atoms with Crippen molar-refractivity contribution in [3.05, 3.63) is 70.8 Å². The molecule has 110 valence electrons. The standard InChI is InChI=1S/C18H22N2O/c1-14-6-3-4-9-17(14)11-18(21)20(2)13-16-8-5-7-15(10-16)12-19/h3-10H,11-13,19H2,1-2H3. The molecule has 0 aromatic heterocycles. The molecule has 0 saturated carbocycles. The van der Waals surface area contributed by atoms with E-state index in [0.717, 1.165) is 22.3 Å². The van der Waals surface area contributed by atoms with Crippen LogP contribution in [0.25, 0.3) is 0 Å². The molecular weight excluding hydrogens is 260 g/mol. The van der Waals surface area contributed by atoms with Gasteiger partial charge in [-0.05, 0) is 29.2 Å². The normalized spacial score (nSPS) is 10.4. The fourth-order valence-corrected chi connectivity index (χ4v) is 2.32. The van der Waals surface area contributed by atoms with E-state index in [1.165, 1.54) is 0 Å². The SMILES string of the molecule is Cc1ccccc1CC(=O)N(C)Cc1cccc(CN)c1. The molecule has 3 heteroatoms. The van der Waals surface area contributed by atoms with E-state index in [1.807, 2.05) is 56.4 Å². The maximum absolute atomic E-state index is 12.3. The van der Waals surface area contributed by atoms with E-state index in [9.17, 15) is 4.79 Å². The molecule has 0 saturated heterocycles. The predicted octanol–water partition coefficient (Wildman–Crippen LogP) is 2.65. The van der Waals surface area contributed by atoms with Crippen LogP contribution in [0.3, 0.4) is 0 Å². The monoisotopic (exact) mass is 282 g/mol. The van der Waals surface area contributed by atoms with E-state index in [1.54, 1.807) is 4.90 Å². The summed E-state index contributed by atoms with van der Waals surface area (Å²) in [6.07, 6.45) is 0.444. The van der Waals surface area contributed by atoms with Crippen LogP contribution in [0.15, 0.2) is 48.5 Å². The van der Waals surface area contributed by atoms with Crippen molar-refractivity contribution in [3.63, 3.8) is 0 Å². The minimum Gasteiger partial charge on any atom is -0.341 e. The van der Waals surface area contributed by atoms with Crippen molar-refractivity contribution in [1.29, 1.82) is 0 Å². The second-order valence-electron chi connectivity index (χ2n) is 5.38. The van der Waals surface area contributed by atoms with Crippen molar-refractivity contribution >= 4 is 5.91 Å². The van der Waals surface area contributed by atoms with E-state index in [4.69, 9.17) is 5.73 Å².